The zero-order valence-electron chi connectivity index (χ0n) is 22.4. The number of nitro groups is 2. The van der Waals surface area contributed by atoms with Gasteiger partial charge >= 0.3 is 0 Å². The molecule has 0 aliphatic heterocycles. The highest BCUT2D eigenvalue weighted by atomic mass is 35.5. The van der Waals surface area contributed by atoms with Crippen LogP contribution < -0.4 is 11.5 Å². The van der Waals surface area contributed by atoms with Gasteiger partial charge in [-0.2, -0.15) is 4.99 Å². The highest BCUT2D eigenvalue weighted by Gasteiger charge is 2.29. The summed E-state index contributed by atoms with van der Waals surface area (Å²) in [5.74, 6) is -1.79. The molecule has 41 heavy (non-hydrogen) atoms. The fraction of sp³-hybridized carbons (Fsp3) is 0.348. The summed E-state index contributed by atoms with van der Waals surface area (Å²) in [6.45, 7) is 6.23. The summed E-state index contributed by atoms with van der Waals surface area (Å²) in [7, 11) is -7.56. The van der Waals surface area contributed by atoms with Crippen LogP contribution in [0.5, 0.6) is 0 Å². The molecule has 0 unspecified atom stereocenters. The van der Waals surface area contributed by atoms with Crippen LogP contribution in [0.1, 0.15) is 58.5 Å². The maximum absolute atomic E-state index is 12.1. The molecule has 2 aromatic carbocycles. The average Bonchev–Trinajstić information content (AvgIpc) is 2.82. The third-order valence-corrected chi connectivity index (χ3v) is 9.38. The van der Waals surface area contributed by atoms with Crippen molar-refractivity contribution in [3.8, 4) is 0 Å². The molecule has 0 heterocycles. The third kappa shape index (κ3) is 9.02. The van der Waals surface area contributed by atoms with Crippen molar-refractivity contribution >= 4 is 59.8 Å². The summed E-state index contributed by atoms with van der Waals surface area (Å²) in [4.78, 5) is 45.8. The number of benzene rings is 2. The Kier molecular flexibility index (Phi) is 12.1. The van der Waals surface area contributed by atoms with Gasteiger partial charge in [0, 0.05) is 17.7 Å². The molecule has 224 valence electrons. The topological polar surface area (TPSA) is 253 Å². The number of aliphatic imine (C=N–C) groups is 1. The van der Waals surface area contributed by atoms with Crippen molar-refractivity contribution in [3.63, 3.8) is 0 Å². The summed E-state index contributed by atoms with van der Waals surface area (Å²) < 4.78 is 48.2. The highest BCUT2D eigenvalue weighted by Crippen LogP contribution is 2.30. The van der Waals surface area contributed by atoms with Gasteiger partial charge < -0.3 is 11.5 Å². The van der Waals surface area contributed by atoms with E-state index < -0.39 is 62.9 Å². The van der Waals surface area contributed by atoms with Gasteiger partial charge in [0.2, 0.25) is 0 Å². The first-order chi connectivity index (χ1) is 18.8. The number of hydrogen-bond donors (Lipinski definition) is 2. The van der Waals surface area contributed by atoms with Crippen LogP contribution >= 0.6 is 11.6 Å². The summed E-state index contributed by atoms with van der Waals surface area (Å²) in [5.41, 5.74) is 9.22. The van der Waals surface area contributed by atoms with Crippen molar-refractivity contribution in [2.24, 2.45) is 16.5 Å². The first-order valence-electron chi connectivity index (χ1n) is 11.7. The number of carbonyl (C=O) groups is 2. The number of guanidine groups is 1. The van der Waals surface area contributed by atoms with Crippen molar-refractivity contribution in [2.45, 2.75) is 50.3 Å². The molecule has 2 rings (SSSR count). The first-order valence-corrected chi connectivity index (χ1v) is 15.4. The van der Waals surface area contributed by atoms with Crippen molar-refractivity contribution < 1.29 is 36.3 Å². The van der Waals surface area contributed by atoms with E-state index in [2.05, 4.69) is 4.99 Å². The summed E-state index contributed by atoms with van der Waals surface area (Å²) in [6, 6.07) is 4.01. The second-order valence-electron chi connectivity index (χ2n) is 8.54. The van der Waals surface area contributed by atoms with Crippen LogP contribution in [-0.4, -0.2) is 55.3 Å². The Bertz CT molecular complexity index is 1630. The molecular weight excluding hydrogens is 606 g/mol. The predicted octanol–water partition coefficient (Wildman–Crippen LogP) is 2.97. The normalized spacial score (nSPS) is 11.1. The molecule has 0 aromatic heterocycles. The van der Waals surface area contributed by atoms with Crippen LogP contribution in [-0.2, 0) is 19.7 Å². The molecule has 0 spiro atoms. The maximum atomic E-state index is 12.1. The largest absolute Gasteiger partial charge is 0.370 e. The van der Waals surface area contributed by atoms with E-state index in [9.17, 15) is 46.7 Å². The molecule has 2 aromatic rings. The van der Waals surface area contributed by atoms with Crippen molar-refractivity contribution in [1.29, 1.82) is 0 Å². The molecule has 0 atom stereocenters. The highest BCUT2D eigenvalue weighted by molar-refractivity contribution is 7.91. The van der Waals surface area contributed by atoms with E-state index >= 15 is 0 Å². The summed E-state index contributed by atoms with van der Waals surface area (Å²) in [5, 5.41) is 21.2. The number of nitrogens with zero attached hydrogens (tertiary/aromatic N) is 3. The molecular formula is C23H28ClN5O10S2. The maximum Gasteiger partial charge on any atom is 0.288 e. The minimum absolute atomic E-state index is 0.0659. The van der Waals surface area contributed by atoms with Crippen molar-refractivity contribution in [2.75, 3.05) is 11.5 Å². The Morgan fingerprint density at radius 2 is 1.17 bits per heavy atom. The number of nitrogens with two attached hydrogens (primary N) is 2. The molecule has 18 heteroatoms. The van der Waals surface area contributed by atoms with Gasteiger partial charge in [-0.05, 0) is 61.5 Å². The summed E-state index contributed by atoms with van der Waals surface area (Å²) >= 11 is 5.30. The monoisotopic (exact) mass is 633 g/mol. The molecule has 0 aliphatic carbocycles. The van der Waals surface area contributed by atoms with Crippen LogP contribution in [0.4, 0.5) is 11.4 Å². The lowest BCUT2D eigenvalue weighted by atomic mass is 10.1. The lowest BCUT2D eigenvalue weighted by Crippen LogP contribution is -2.24. The zero-order chi connectivity index (χ0) is 31.9. The quantitative estimate of drug-likeness (QED) is 0.126. The minimum atomic E-state index is -3.81. The van der Waals surface area contributed by atoms with Gasteiger partial charge in [0.1, 0.15) is 9.79 Å². The second kappa shape index (κ2) is 14.1. The number of hydrogen-bond acceptors (Lipinski definition) is 10. The average molecular weight is 634 g/mol. The van der Waals surface area contributed by atoms with Gasteiger partial charge in [-0.15, -0.1) is 0 Å². The predicted molar refractivity (Wildman–Crippen MR) is 151 cm³/mol. The molecule has 0 saturated heterocycles. The lowest BCUT2D eigenvalue weighted by molar-refractivity contribution is -0.388. The van der Waals surface area contributed by atoms with Gasteiger partial charge in [-0.25, -0.2) is 16.8 Å². The Morgan fingerprint density at radius 1 is 0.805 bits per heavy atom. The number of halogens is 1. The number of sulfone groups is 2. The van der Waals surface area contributed by atoms with E-state index in [4.69, 9.17) is 23.1 Å². The first kappa shape index (κ1) is 35.1. The lowest BCUT2D eigenvalue weighted by Gasteiger charge is -2.08. The Hall–Kier alpha value is -3.96. The molecule has 0 fully saturated rings. The van der Waals surface area contributed by atoms with Gasteiger partial charge in [0.25, 0.3) is 22.5 Å². The standard InChI is InChI=1S/C12H16N4O5S.C11H12ClNO5S/c1-3-4-22(20,21)10-5-7(2)8(6-9(10)16(18)19)11(17)15-12(13)14;1-3-4-19(17,18)10-5-7(2)8(11(12)14)6-9(10)13(15)16/h5-6H,3-4H2,1-2H3,(H4,13,14,15,17);5-6H,3-4H2,1-2H3. The third-order valence-electron chi connectivity index (χ3n) is 5.29. The van der Waals surface area contributed by atoms with Crippen LogP contribution in [0.25, 0.3) is 0 Å². The molecule has 1 amide bonds. The second-order valence-corrected chi connectivity index (χ2v) is 13.0. The van der Waals surface area contributed by atoms with Gasteiger partial charge in [-0.1, -0.05) is 13.8 Å². The Balaban J connectivity index is 0.000000414. The molecule has 0 bridgehead atoms. The smallest absolute Gasteiger partial charge is 0.288 e. The number of aryl methyl sites for hydroxylation is 2. The van der Waals surface area contributed by atoms with Gasteiger partial charge in [0.05, 0.1) is 26.9 Å². The van der Waals surface area contributed by atoms with Gasteiger partial charge in [-0.3, -0.25) is 29.8 Å². The molecule has 0 radical (unpaired) electrons. The number of nitro benzene ring substituents is 2. The van der Waals surface area contributed by atoms with Crippen LogP contribution in [0.2, 0.25) is 0 Å². The van der Waals surface area contributed by atoms with Gasteiger partial charge in [0.15, 0.2) is 25.6 Å². The summed E-state index contributed by atoms with van der Waals surface area (Å²) in [6.07, 6.45) is 0.655. The van der Waals surface area contributed by atoms with Crippen molar-refractivity contribution in [3.05, 3.63) is 66.7 Å². The Morgan fingerprint density at radius 3 is 1.49 bits per heavy atom. The molecule has 4 N–H and O–H groups in total. The number of amides is 1. The van der Waals surface area contributed by atoms with E-state index in [0.717, 1.165) is 24.3 Å². The van der Waals surface area contributed by atoms with Crippen LogP contribution in [0.3, 0.4) is 0 Å². The van der Waals surface area contributed by atoms with E-state index in [-0.39, 0.29) is 33.1 Å². The number of carbonyl (C=O) groups excluding carboxylic acids is 2. The van der Waals surface area contributed by atoms with Crippen LogP contribution in [0.15, 0.2) is 39.0 Å². The zero-order valence-corrected chi connectivity index (χ0v) is 24.8. The Labute approximate surface area is 240 Å². The molecule has 0 aliphatic rings. The van der Waals surface area contributed by atoms with Crippen molar-refractivity contribution in [1.82, 2.24) is 0 Å². The van der Waals surface area contributed by atoms with E-state index in [1.165, 1.54) is 13.8 Å². The minimum Gasteiger partial charge on any atom is -0.370 e. The number of rotatable bonds is 10. The van der Waals surface area contributed by atoms with E-state index in [0.29, 0.717) is 18.4 Å². The molecule has 0 saturated carbocycles. The fourth-order valence-electron chi connectivity index (χ4n) is 3.50. The van der Waals surface area contributed by atoms with E-state index in [1.54, 1.807) is 13.8 Å². The fourth-order valence-corrected chi connectivity index (χ4v) is 6.84. The molecule has 15 nitrogen and oxygen atoms in total. The van der Waals surface area contributed by atoms with Crippen LogP contribution in [0, 0.1) is 34.1 Å². The SMILES string of the molecule is CCCS(=O)(=O)c1cc(C)c(C(=O)Cl)cc1[N+](=O)[O-].CCCS(=O)(=O)c1cc(C)c(C(=O)N=C(N)N)cc1[N+](=O)[O-]. The van der Waals surface area contributed by atoms with E-state index in [1.807, 2.05) is 0 Å².